The van der Waals surface area contributed by atoms with E-state index in [1.807, 2.05) is 0 Å². The van der Waals surface area contributed by atoms with Gasteiger partial charge < -0.3 is 24.4 Å². The zero-order chi connectivity index (χ0) is 11.3. The molecule has 2 saturated heterocycles. The van der Waals surface area contributed by atoms with E-state index in [0.29, 0.717) is 0 Å². The molecular weight excluding hydrogens is 200 g/mol. The summed E-state index contributed by atoms with van der Waals surface area (Å²) in [5.41, 5.74) is -1.63. The van der Waals surface area contributed by atoms with Crippen LogP contribution in [0.2, 0.25) is 0 Å². The van der Waals surface area contributed by atoms with Gasteiger partial charge in [0.15, 0.2) is 23.8 Å². The van der Waals surface area contributed by atoms with Crippen molar-refractivity contribution in [3.8, 4) is 12.3 Å². The monoisotopic (exact) mass is 214 g/mol. The lowest BCUT2D eigenvalue weighted by Crippen LogP contribution is -2.49. The Morgan fingerprint density at radius 2 is 2.07 bits per heavy atom. The Balaban J connectivity index is 2.27. The zero-order valence-electron chi connectivity index (χ0n) is 8.64. The van der Waals surface area contributed by atoms with Gasteiger partial charge in [-0.15, -0.1) is 6.42 Å². The molecule has 4 atom stereocenters. The van der Waals surface area contributed by atoms with Gasteiger partial charge in [-0.05, 0) is 13.8 Å². The second-order valence-electron chi connectivity index (χ2n) is 4.20. The first kappa shape index (κ1) is 10.9. The molecule has 5 heteroatoms. The minimum absolute atomic E-state index is 0.374. The summed E-state index contributed by atoms with van der Waals surface area (Å²) in [4.78, 5) is 0. The van der Waals surface area contributed by atoms with Crippen LogP contribution in [0.15, 0.2) is 0 Å². The summed E-state index contributed by atoms with van der Waals surface area (Å²) in [6, 6.07) is 0. The molecule has 0 aromatic carbocycles. The Morgan fingerprint density at radius 3 is 2.60 bits per heavy atom. The maximum atomic E-state index is 10.1. The number of hydrogen-bond acceptors (Lipinski definition) is 5. The quantitative estimate of drug-likeness (QED) is 0.560. The van der Waals surface area contributed by atoms with Gasteiger partial charge in [0.2, 0.25) is 0 Å². The third-order valence-electron chi connectivity index (χ3n) is 2.68. The Kier molecular flexibility index (Phi) is 2.30. The fourth-order valence-electron chi connectivity index (χ4n) is 1.93. The van der Waals surface area contributed by atoms with E-state index in [2.05, 4.69) is 5.92 Å². The molecule has 2 aliphatic heterocycles. The van der Waals surface area contributed by atoms with Crippen LogP contribution in [0.25, 0.3) is 0 Å². The first-order valence-electron chi connectivity index (χ1n) is 4.75. The van der Waals surface area contributed by atoms with E-state index in [4.69, 9.17) is 25.7 Å². The average molecular weight is 214 g/mol. The van der Waals surface area contributed by atoms with Crippen LogP contribution in [-0.4, -0.2) is 46.7 Å². The Morgan fingerprint density at radius 1 is 1.40 bits per heavy atom. The van der Waals surface area contributed by atoms with Crippen LogP contribution in [0, 0.1) is 12.3 Å². The average Bonchev–Trinajstić information content (AvgIpc) is 2.60. The highest BCUT2D eigenvalue weighted by molar-refractivity contribution is 5.21. The molecule has 0 aromatic rings. The van der Waals surface area contributed by atoms with Gasteiger partial charge in [0.05, 0.1) is 6.61 Å². The van der Waals surface area contributed by atoms with Crippen LogP contribution in [0.4, 0.5) is 0 Å². The predicted molar refractivity (Wildman–Crippen MR) is 49.6 cm³/mol. The third-order valence-corrected chi connectivity index (χ3v) is 2.68. The van der Waals surface area contributed by atoms with Gasteiger partial charge in [0.25, 0.3) is 0 Å². The third kappa shape index (κ3) is 1.46. The van der Waals surface area contributed by atoms with Crippen LogP contribution in [0.1, 0.15) is 13.8 Å². The number of terminal acetylenes is 1. The van der Waals surface area contributed by atoms with Gasteiger partial charge >= 0.3 is 0 Å². The number of fused-ring (bicyclic) bond motifs is 1. The smallest absolute Gasteiger partial charge is 0.191 e. The van der Waals surface area contributed by atoms with Crippen LogP contribution in [0.3, 0.4) is 0 Å². The molecule has 2 heterocycles. The molecule has 0 spiro atoms. The molecule has 0 aliphatic carbocycles. The van der Waals surface area contributed by atoms with Crippen molar-refractivity contribution < 1.29 is 24.4 Å². The maximum Gasteiger partial charge on any atom is 0.191 e. The van der Waals surface area contributed by atoms with Crippen molar-refractivity contribution in [2.24, 2.45) is 0 Å². The lowest BCUT2D eigenvalue weighted by molar-refractivity contribution is -0.225. The Bertz CT molecular complexity index is 307. The molecule has 15 heavy (non-hydrogen) atoms. The molecule has 0 saturated carbocycles. The van der Waals surface area contributed by atoms with Crippen LogP contribution in [0.5, 0.6) is 0 Å². The van der Waals surface area contributed by atoms with E-state index in [0.717, 1.165) is 0 Å². The van der Waals surface area contributed by atoms with Crippen LogP contribution in [-0.2, 0) is 14.2 Å². The van der Waals surface area contributed by atoms with Crippen LogP contribution < -0.4 is 0 Å². The molecule has 5 nitrogen and oxygen atoms in total. The van der Waals surface area contributed by atoms with Crippen molar-refractivity contribution in [1.82, 2.24) is 0 Å². The van der Waals surface area contributed by atoms with Crippen molar-refractivity contribution in [3.05, 3.63) is 0 Å². The number of aliphatic hydroxyl groups is 2. The molecule has 0 amide bonds. The minimum atomic E-state index is -1.63. The molecule has 2 aliphatic rings. The van der Waals surface area contributed by atoms with Gasteiger partial charge in [-0.3, -0.25) is 0 Å². The number of ether oxygens (including phenoxy) is 3. The van der Waals surface area contributed by atoms with E-state index in [-0.39, 0.29) is 6.61 Å². The summed E-state index contributed by atoms with van der Waals surface area (Å²) < 4.78 is 16.1. The topological polar surface area (TPSA) is 68.2 Å². The number of aliphatic hydroxyl groups excluding tert-OH is 1. The lowest BCUT2D eigenvalue weighted by atomic mass is 9.94. The van der Waals surface area contributed by atoms with E-state index >= 15 is 0 Å². The summed E-state index contributed by atoms with van der Waals surface area (Å²) >= 11 is 0. The molecule has 0 radical (unpaired) electrons. The Labute approximate surface area is 87.9 Å². The zero-order valence-corrected chi connectivity index (χ0v) is 8.64. The molecule has 0 bridgehead atoms. The number of hydrogen-bond donors (Lipinski definition) is 2. The second kappa shape index (κ2) is 3.17. The lowest BCUT2D eigenvalue weighted by Gasteiger charge is -2.28. The summed E-state index contributed by atoms with van der Waals surface area (Å²) in [5.74, 6) is 1.38. The molecule has 0 aromatic heterocycles. The normalized spacial score (nSPS) is 47.5. The highest BCUT2D eigenvalue weighted by atomic mass is 16.8. The molecule has 2 N–H and O–H groups in total. The summed E-state index contributed by atoms with van der Waals surface area (Å²) in [6.45, 7) is 3.04. The SMILES string of the molecule is C#CC1(O)C(CO)OC2OC(C)(C)OC21. The second-order valence-corrected chi connectivity index (χ2v) is 4.20. The van der Waals surface area contributed by atoms with Gasteiger partial charge in [-0.2, -0.15) is 0 Å². The molecule has 2 rings (SSSR count). The molecule has 2 fully saturated rings. The van der Waals surface area contributed by atoms with Crippen molar-refractivity contribution in [2.75, 3.05) is 6.61 Å². The Hall–Kier alpha value is -0.640. The molecule has 4 unspecified atom stereocenters. The fraction of sp³-hybridized carbons (Fsp3) is 0.800. The van der Waals surface area contributed by atoms with E-state index in [1.165, 1.54) is 0 Å². The standard InChI is InChI=1S/C10H14O5/c1-4-10(12)6(5-11)13-8-7(10)14-9(2,3)15-8/h1,6-8,11-12H,5H2,2-3H3. The van der Waals surface area contributed by atoms with E-state index < -0.39 is 29.9 Å². The van der Waals surface area contributed by atoms with Gasteiger partial charge in [0, 0.05) is 0 Å². The highest BCUT2D eigenvalue weighted by Crippen LogP contribution is 2.42. The molecule has 84 valence electrons. The van der Waals surface area contributed by atoms with Gasteiger partial charge in [0.1, 0.15) is 6.10 Å². The predicted octanol–water partition coefficient (Wildman–Crippen LogP) is -0.781. The van der Waals surface area contributed by atoms with Crippen molar-refractivity contribution >= 4 is 0 Å². The number of rotatable bonds is 1. The van der Waals surface area contributed by atoms with Gasteiger partial charge in [-0.25, -0.2) is 0 Å². The summed E-state index contributed by atoms with van der Waals surface area (Å²) in [6.07, 6.45) is 2.91. The fourth-order valence-corrected chi connectivity index (χ4v) is 1.93. The van der Waals surface area contributed by atoms with E-state index in [9.17, 15) is 5.11 Å². The van der Waals surface area contributed by atoms with Crippen molar-refractivity contribution in [2.45, 2.75) is 43.7 Å². The van der Waals surface area contributed by atoms with Crippen molar-refractivity contribution in [3.63, 3.8) is 0 Å². The van der Waals surface area contributed by atoms with E-state index in [1.54, 1.807) is 13.8 Å². The van der Waals surface area contributed by atoms with Crippen LogP contribution >= 0.6 is 0 Å². The maximum absolute atomic E-state index is 10.1. The first-order chi connectivity index (χ1) is 6.93. The summed E-state index contributed by atoms with van der Waals surface area (Å²) in [5, 5.41) is 19.2. The largest absolute Gasteiger partial charge is 0.394 e. The van der Waals surface area contributed by atoms with Crippen molar-refractivity contribution in [1.29, 1.82) is 0 Å². The van der Waals surface area contributed by atoms with Gasteiger partial charge in [-0.1, -0.05) is 5.92 Å². The highest BCUT2D eigenvalue weighted by Gasteiger charge is 2.62. The summed E-state index contributed by atoms with van der Waals surface area (Å²) in [7, 11) is 0. The first-order valence-corrected chi connectivity index (χ1v) is 4.75. The minimum Gasteiger partial charge on any atom is -0.394 e. The molecular formula is C10H14O5.